The molecule has 0 bridgehead atoms. The van der Waals surface area contributed by atoms with Crippen LogP contribution in [0, 0.1) is 5.92 Å². The Kier molecular flexibility index (Phi) is 6.38. The number of hydrogen-bond donors (Lipinski definition) is 1. The minimum absolute atomic E-state index is 0.0629. The van der Waals surface area contributed by atoms with Crippen LogP contribution in [0.2, 0.25) is 0 Å². The van der Waals surface area contributed by atoms with Crippen LogP contribution in [-0.4, -0.2) is 39.2 Å². The molecular weight excluding hydrogens is 278 g/mol. The fourth-order valence-corrected chi connectivity index (χ4v) is 3.85. The number of halogens is 1. The van der Waals surface area contributed by atoms with Crippen LogP contribution >= 0.6 is 11.6 Å². The quantitative estimate of drug-likeness (QED) is 0.592. The van der Waals surface area contributed by atoms with Crippen molar-refractivity contribution in [2.45, 2.75) is 38.1 Å². The number of hydrogen-bond acceptors (Lipinski definition) is 4. The minimum atomic E-state index is -3.24. The van der Waals surface area contributed by atoms with Gasteiger partial charge in [-0.3, -0.25) is 4.79 Å². The maximum absolute atomic E-state index is 11.7. The van der Waals surface area contributed by atoms with Crippen molar-refractivity contribution in [1.29, 1.82) is 0 Å². The Balaban J connectivity index is 2.37. The van der Waals surface area contributed by atoms with Gasteiger partial charge in [0.2, 0.25) is 10.0 Å². The van der Waals surface area contributed by atoms with Crippen LogP contribution in [0.4, 0.5) is 0 Å². The smallest absolute Gasteiger partial charge is 0.308 e. The number of carbonyl (C=O) groups excluding carboxylic acids is 1. The van der Waals surface area contributed by atoms with Gasteiger partial charge in [0, 0.05) is 11.9 Å². The van der Waals surface area contributed by atoms with Gasteiger partial charge in [-0.1, -0.05) is 0 Å². The van der Waals surface area contributed by atoms with E-state index in [0.29, 0.717) is 38.0 Å². The van der Waals surface area contributed by atoms with Gasteiger partial charge in [0.15, 0.2) is 0 Å². The maximum Gasteiger partial charge on any atom is 0.308 e. The molecule has 7 heteroatoms. The predicted octanol–water partition coefficient (Wildman–Crippen LogP) is 1.27. The highest BCUT2D eigenvalue weighted by Gasteiger charge is 2.28. The molecule has 1 aliphatic carbocycles. The molecule has 106 valence electrons. The molecular formula is C11H20ClNO4S. The Hall–Kier alpha value is -0.330. The topological polar surface area (TPSA) is 72.5 Å². The molecule has 1 N–H and O–H groups in total. The molecule has 5 nitrogen and oxygen atoms in total. The van der Waals surface area contributed by atoms with Gasteiger partial charge in [-0.05, 0) is 32.1 Å². The number of rotatable bonds is 6. The predicted molar refractivity (Wildman–Crippen MR) is 70.0 cm³/mol. The number of alkyl halides is 1. The van der Waals surface area contributed by atoms with E-state index in [4.69, 9.17) is 11.6 Å². The zero-order valence-electron chi connectivity index (χ0n) is 10.5. The van der Waals surface area contributed by atoms with Crippen LogP contribution in [0.5, 0.6) is 0 Å². The maximum atomic E-state index is 11.7. The normalized spacial score (nSPS) is 24.8. The number of carbonyl (C=O) groups is 1. The van der Waals surface area contributed by atoms with E-state index < -0.39 is 10.0 Å². The summed E-state index contributed by atoms with van der Waals surface area (Å²) in [5.41, 5.74) is 0. The summed E-state index contributed by atoms with van der Waals surface area (Å²) >= 11 is 5.48. The molecule has 0 aromatic carbocycles. The third kappa shape index (κ3) is 5.12. The summed E-state index contributed by atoms with van der Waals surface area (Å²) in [5.74, 6) is 0.126. The van der Waals surface area contributed by atoms with Crippen molar-refractivity contribution in [3.8, 4) is 0 Å². The number of nitrogens with one attached hydrogen (secondary N) is 1. The average molecular weight is 298 g/mol. The van der Waals surface area contributed by atoms with Crippen molar-refractivity contribution in [2.75, 3.05) is 18.7 Å². The lowest BCUT2D eigenvalue weighted by molar-refractivity contribution is -0.146. The first-order valence-electron chi connectivity index (χ1n) is 6.12. The van der Waals surface area contributed by atoms with E-state index >= 15 is 0 Å². The number of methoxy groups -OCH3 is 1. The molecule has 0 saturated heterocycles. The molecule has 1 rings (SSSR count). The lowest BCUT2D eigenvalue weighted by Crippen LogP contribution is -2.40. The monoisotopic (exact) mass is 297 g/mol. The number of sulfonamides is 1. The molecule has 1 aliphatic rings. The molecule has 1 saturated carbocycles. The van der Waals surface area contributed by atoms with Gasteiger partial charge in [-0.15, -0.1) is 11.6 Å². The van der Waals surface area contributed by atoms with E-state index in [9.17, 15) is 13.2 Å². The second kappa shape index (κ2) is 7.31. The summed E-state index contributed by atoms with van der Waals surface area (Å²) in [6.45, 7) is 0. The Morgan fingerprint density at radius 3 is 2.44 bits per heavy atom. The second-order valence-corrected chi connectivity index (χ2v) is 6.80. The van der Waals surface area contributed by atoms with E-state index in [1.54, 1.807) is 0 Å². The van der Waals surface area contributed by atoms with Gasteiger partial charge >= 0.3 is 5.97 Å². The zero-order chi connectivity index (χ0) is 13.6. The Bertz CT molecular complexity index is 363. The second-order valence-electron chi connectivity index (χ2n) is 4.55. The highest BCUT2D eigenvalue weighted by Crippen LogP contribution is 2.25. The van der Waals surface area contributed by atoms with Gasteiger partial charge in [0.1, 0.15) is 0 Å². The Morgan fingerprint density at radius 1 is 1.33 bits per heavy atom. The third-order valence-corrected chi connectivity index (χ3v) is 4.94. The molecule has 0 unspecified atom stereocenters. The molecule has 0 spiro atoms. The lowest BCUT2D eigenvalue weighted by atomic mass is 9.86. The van der Waals surface area contributed by atoms with Gasteiger partial charge < -0.3 is 4.74 Å². The Morgan fingerprint density at radius 2 is 1.94 bits per heavy atom. The molecule has 0 aromatic rings. The lowest BCUT2D eigenvalue weighted by Gasteiger charge is -2.27. The van der Waals surface area contributed by atoms with Crippen LogP contribution in [0.15, 0.2) is 0 Å². The molecule has 0 atom stereocenters. The van der Waals surface area contributed by atoms with Crippen LogP contribution in [0.1, 0.15) is 32.1 Å². The zero-order valence-corrected chi connectivity index (χ0v) is 12.1. The minimum Gasteiger partial charge on any atom is -0.469 e. The van der Waals surface area contributed by atoms with Crippen LogP contribution in [0.3, 0.4) is 0 Å². The standard InChI is InChI=1S/C11H20ClNO4S/c1-17-11(14)9-3-5-10(6-4-9)13-18(15,16)8-2-7-12/h9-10,13H,2-8H2,1H3/t9-,10-. The fraction of sp³-hybridized carbons (Fsp3) is 0.909. The SMILES string of the molecule is COC(=O)[C@H]1CC[C@H](NS(=O)(=O)CCCCl)CC1. The average Bonchev–Trinajstić information content (AvgIpc) is 2.36. The Labute approximate surface area is 113 Å². The summed E-state index contributed by atoms with van der Waals surface area (Å²) in [6.07, 6.45) is 3.17. The van der Waals surface area contributed by atoms with E-state index in [-0.39, 0.29) is 23.7 Å². The first-order valence-corrected chi connectivity index (χ1v) is 8.31. The number of ether oxygens (including phenoxy) is 1. The van der Waals surface area contributed by atoms with Crippen LogP contribution in [0.25, 0.3) is 0 Å². The molecule has 0 amide bonds. The third-order valence-electron chi connectivity index (χ3n) is 3.15. The van der Waals surface area contributed by atoms with E-state index in [1.165, 1.54) is 7.11 Å². The molecule has 0 aromatic heterocycles. The fourth-order valence-electron chi connectivity index (χ4n) is 2.17. The van der Waals surface area contributed by atoms with Gasteiger partial charge in [0.25, 0.3) is 0 Å². The molecule has 1 fully saturated rings. The van der Waals surface area contributed by atoms with E-state index in [2.05, 4.69) is 9.46 Å². The summed E-state index contributed by atoms with van der Waals surface area (Å²) in [6, 6.07) is -0.0637. The summed E-state index contributed by atoms with van der Waals surface area (Å²) in [7, 11) is -1.86. The van der Waals surface area contributed by atoms with Crippen molar-refractivity contribution in [1.82, 2.24) is 4.72 Å². The van der Waals surface area contributed by atoms with Crippen molar-refractivity contribution < 1.29 is 17.9 Å². The first kappa shape index (κ1) is 15.7. The molecule has 0 radical (unpaired) electrons. The van der Waals surface area contributed by atoms with Gasteiger partial charge in [0.05, 0.1) is 18.8 Å². The van der Waals surface area contributed by atoms with Crippen LogP contribution in [-0.2, 0) is 19.6 Å². The molecule has 0 aliphatic heterocycles. The number of esters is 1. The van der Waals surface area contributed by atoms with Crippen LogP contribution < -0.4 is 4.72 Å². The van der Waals surface area contributed by atoms with Gasteiger partial charge in [-0.2, -0.15) is 0 Å². The van der Waals surface area contributed by atoms with Crippen molar-refractivity contribution in [3.05, 3.63) is 0 Å². The van der Waals surface area contributed by atoms with Crippen molar-refractivity contribution in [2.24, 2.45) is 5.92 Å². The summed E-state index contributed by atoms with van der Waals surface area (Å²) < 4.78 is 30.7. The highest BCUT2D eigenvalue weighted by atomic mass is 35.5. The van der Waals surface area contributed by atoms with Gasteiger partial charge in [-0.25, -0.2) is 13.1 Å². The largest absolute Gasteiger partial charge is 0.469 e. The van der Waals surface area contributed by atoms with E-state index in [0.717, 1.165) is 0 Å². The molecule has 18 heavy (non-hydrogen) atoms. The van der Waals surface area contributed by atoms with Crippen molar-refractivity contribution >= 4 is 27.6 Å². The van der Waals surface area contributed by atoms with Crippen molar-refractivity contribution in [3.63, 3.8) is 0 Å². The highest BCUT2D eigenvalue weighted by molar-refractivity contribution is 7.89. The first-order chi connectivity index (χ1) is 8.48. The summed E-state index contributed by atoms with van der Waals surface area (Å²) in [4.78, 5) is 11.3. The van der Waals surface area contributed by atoms with E-state index in [1.807, 2.05) is 0 Å². The summed E-state index contributed by atoms with van der Waals surface area (Å²) in [5, 5.41) is 0. The molecule has 0 heterocycles.